The lowest BCUT2D eigenvalue weighted by molar-refractivity contribution is 0.0696. The summed E-state index contributed by atoms with van der Waals surface area (Å²) in [5.74, 6) is -0.882. The third kappa shape index (κ3) is 2.67. The molecule has 2 rings (SSSR count). The monoisotopic (exact) mass is 288 g/mol. The van der Waals surface area contributed by atoms with E-state index in [0.29, 0.717) is 0 Å². The fourth-order valence-corrected chi connectivity index (χ4v) is 4.18. The second kappa shape index (κ2) is 4.55. The Morgan fingerprint density at radius 2 is 2.06 bits per heavy atom. The molecule has 1 saturated carbocycles. The van der Waals surface area contributed by atoms with Gasteiger partial charge in [0.25, 0.3) is 0 Å². The van der Waals surface area contributed by atoms with Gasteiger partial charge in [-0.15, -0.1) is 0 Å². The van der Waals surface area contributed by atoms with E-state index in [2.05, 4.69) is 0 Å². The van der Waals surface area contributed by atoms with Gasteiger partial charge < -0.3 is 5.11 Å². The van der Waals surface area contributed by atoms with Crippen LogP contribution in [-0.4, -0.2) is 25.2 Å². The number of aromatic carboxylic acids is 1. The van der Waals surface area contributed by atoms with Crippen LogP contribution in [0.3, 0.4) is 0 Å². The standard InChI is InChI=1S/C12H13ClO4S/c1-7-10(12(14)15)4-9(13)5-11(7)18(16,17)6-8-2-3-8/h4-5,8H,2-3,6H2,1H3,(H,14,15). The Morgan fingerprint density at radius 1 is 1.44 bits per heavy atom. The maximum absolute atomic E-state index is 12.2. The van der Waals surface area contributed by atoms with E-state index in [0.717, 1.165) is 12.8 Å². The molecule has 1 aliphatic carbocycles. The first-order chi connectivity index (χ1) is 8.31. The number of carboxylic acid groups (broad SMARTS) is 1. The van der Waals surface area contributed by atoms with Crippen LogP contribution >= 0.6 is 11.6 Å². The number of rotatable bonds is 4. The fraction of sp³-hybridized carbons (Fsp3) is 0.417. The molecule has 0 aromatic heterocycles. The zero-order valence-electron chi connectivity index (χ0n) is 9.81. The average molecular weight is 289 g/mol. The summed E-state index contributed by atoms with van der Waals surface area (Å²) in [6, 6.07) is 2.61. The van der Waals surface area contributed by atoms with Crippen LogP contribution in [0.1, 0.15) is 28.8 Å². The van der Waals surface area contributed by atoms with Gasteiger partial charge in [0, 0.05) is 5.02 Å². The van der Waals surface area contributed by atoms with Crippen molar-refractivity contribution in [3.63, 3.8) is 0 Å². The molecule has 1 aliphatic rings. The van der Waals surface area contributed by atoms with Crippen LogP contribution in [0.15, 0.2) is 17.0 Å². The summed E-state index contributed by atoms with van der Waals surface area (Å²) < 4.78 is 24.4. The largest absolute Gasteiger partial charge is 0.478 e. The van der Waals surface area contributed by atoms with Crippen molar-refractivity contribution in [3.8, 4) is 0 Å². The Bertz CT molecular complexity index is 603. The molecule has 0 amide bonds. The number of sulfone groups is 1. The lowest BCUT2D eigenvalue weighted by Crippen LogP contribution is -2.12. The normalized spacial score (nSPS) is 15.7. The lowest BCUT2D eigenvalue weighted by Gasteiger charge is -2.10. The van der Waals surface area contributed by atoms with Gasteiger partial charge in [-0.2, -0.15) is 0 Å². The maximum Gasteiger partial charge on any atom is 0.336 e. The van der Waals surface area contributed by atoms with Crippen LogP contribution in [0.5, 0.6) is 0 Å². The molecule has 0 heterocycles. The van der Waals surface area contributed by atoms with Crippen molar-refractivity contribution in [2.75, 3.05) is 5.75 Å². The fourth-order valence-electron chi connectivity index (χ4n) is 1.88. The van der Waals surface area contributed by atoms with Crippen molar-refractivity contribution in [1.82, 2.24) is 0 Å². The summed E-state index contributed by atoms with van der Waals surface area (Å²) in [6.07, 6.45) is 1.84. The Hall–Kier alpha value is -1.07. The molecule has 1 N–H and O–H groups in total. The zero-order chi connectivity index (χ0) is 13.5. The highest BCUT2D eigenvalue weighted by atomic mass is 35.5. The Labute approximate surface area is 110 Å². The van der Waals surface area contributed by atoms with Gasteiger partial charge in [0.15, 0.2) is 9.84 Å². The number of halogens is 1. The number of carbonyl (C=O) groups is 1. The van der Waals surface area contributed by atoms with Gasteiger partial charge >= 0.3 is 5.97 Å². The van der Waals surface area contributed by atoms with Crippen molar-refractivity contribution in [2.45, 2.75) is 24.7 Å². The van der Waals surface area contributed by atoms with Gasteiger partial charge in [-0.1, -0.05) is 11.6 Å². The third-order valence-electron chi connectivity index (χ3n) is 3.04. The highest BCUT2D eigenvalue weighted by Crippen LogP contribution is 2.34. The van der Waals surface area contributed by atoms with Crippen molar-refractivity contribution < 1.29 is 18.3 Å². The minimum atomic E-state index is -3.45. The molecular weight excluding hydrogens is 276 g/mol. The van der Waals surface area contributed by atoms with E-state index in [4.69, 9.17) is 16.7 Å². The van der Waals surface area contributed by atoms with E-state index in [1.54, 1.807) is 0 Å². The predicted octanol–water partition coefficient (Wildman–Crippen LogP) is 2.53. The first-order valence-electron chi connectivity index (χ1n) is 5.57. The first kappa shape index (κ1) is 13.4. The minimum Gasteiger partial charge on any atom is -0.478 e. The van der Waals surface area contributed by atoms with Crippen LogP contribution in [-0.2, 0) is 9.84 Å². The molecule has 0 aliphatic heterocycles. The lowest BCUT2D eigenvalue weighted by atomic mass is 10.1. The molecule has 4 nitrogen and oxygen atoms in total. The van der Waals surface area contributed by atoms with E-state index < -0.39 is 15.8 Å². The van der Waals surface area contributed by atoms with Crippen LogP contribution in [0.25, 0.3) is 0 Å². The number of carboxylic acids is 1. The third-order valence-corrected chi connectivity index (χ3v) is 5.26. The van der Waals surface area contributed by atoms with E-state index >= 15 is 0 Å². The molecule has 0 radical (unpaired) electrons. The summed E-state index contributed by atoms with van der Waals surface area (Å²) in [5, 5.41) is 9.15. The maximum atomic E-state index is 12.2. The van der Waals surface area contributed by atoms with Crippen LogP contribution in [0.2, 0.25) is 5.02 Å². The summed E-state index contributed by atoms with van der Waals surface area (Å²) in [6.45, 7) is 1.50. The number of benzene rings is 1. The number of hydrogen-bond acceptors (Lipinski definition) is 3. The smallest absolute Gasteiger partial charge is 0.336 e. The molecule has 0 spiro atoms. The Kier molecular flexibility index (Phi) is 3.38. The molecule has 0 saturated heterocycles. The van der Waals surface area contributed by atoms with Crippen LogP contribution in [0.4, 0.5) is 0 Å². The predicted molar refractivity (Wildman–Crippen MR) is 67.9 cm³/mol. The van der Waals surface area contributed by atoms with Gasteiger partial charge in [0.1, 0.15) is 0 Å². The number of hydrogen-bond donors (Lipinski definition) is 1. The molecule has 6 heteroatoms. The molecule has 0 atom stereocenters. The molecule has 1 fully saturated rings. The molecule has 0 unspecified atom stereocenters. The van der Waals surface area contributed by atoms with Crippen molar-refractivity contribution >= 4 is 27.4 Å². The van der Waals surface area contributed by atoms with Gasteiger partial charge in [-0.3, -0.25) is 0 Å². The highest BCUT2D eigenvalue weighted by molar-refractivity contribution is 7.91. The van der Waals surface area contributed by atoms with E-state index in [1.807, 2.05) is 0 Å². The zero-order valence-corrected chi connectivity index (χ0v) is 11.4. The first-order valence-corrected chi connectivity index (χ1v) is 7.60. The molecule has 98 valence electrons. The van der Waals surface area contributed by atoms with Crippen molar-refractivity contribution in [1.29, 1.82) is 0 Å². The van der Waals surface area contributed by atoms with Crippen molar-refractivity contribution in [2.24, 2.45) is 5.92 Å². The van der Waals surface area contributed by atoms with E-state index in [9.17, 15) is 13.2 Å². The van der Waals surface area contributed by atoms with E-state index in [-0.39, 0.29) is 32.7 Å². The Morgan fingerprint density at radius 3 is 2.56 bits per heavy atom. The molecule has 1 aromatic rings. The van der Waals surface area contributed by atoms with Crippen molar-refractivity contribution in [3.05, 3.63) is 28.3 Å². The van der Waals surface area contributed by atoms with Crippen LogP contribution < -0.4 is 0 Å². The molecule has 0 bridgehead atoms. The SMILES string of the molecule is Cc1c(C(=O)O)cc(Cl)cc1S(=O)(=O)CC1CC1. The van der Waals surface area contributed by atoms with Gasteiger partial charge in [0.05, 0.1) is 16.2 Å². The van der Waals surface area contributed by atoms with E-state index in [1.165, 1.54) is 19.1 Å². The average Bonchev–Trinajstić information content (AvgIpc) is 3.03. The summed E-state index contributed by atoms with van der Waals surface area (Å²) in [7, 11) is -3.45. The summed E-state index contributed by atoms with van der Waals surface area (Å²) >= 11 is 5.80. The van der Waals surface area contributed by atoms with Gasteiger partial charge in [-0.25, -0.2) is 13.2 Å². The summed E-state index contributed by atoms with van der Waals surface area (Å²) in [4.78, 5) is 11.1. The second-order valence-electron chi connectivity index (χ2n) is 4.61. The highest BCUT2D eigenvalue weighted by Gasteiger charge is 2.31. The molecular formula is C12H13ClO4S. The molecule has 18 heavy (non-hydrogen) atoms. The van der Waals surface area contributed by atoms with Gasteiger partial charge in [0.2, 0.25) is 0 Å². The minimum absolute atomic E-state index is 0.0410. The Balaban J connectivity index is 2.52. The quantitative estimate of drug-likeness (QED) is 0.924. The topological polar surface area (TPSA) is 71.4 Å². The summed E-state index contributed by atoms with van der Waals surface area (Å²) in [5.41, 5.74) is 0.199. The molecule has 1 aromatic carbocycles. The second-order valence-corrected chi connectivity index (χ2v) is 7.05. The van der Waals surface area contributed by atoms with Crippen LogP contribution in [0, 0.1) is 12.8 Å². The van der Waals surface area contributed by atoms with Gasteiger partial charge in [-0.05, 0) is 43.4 Å².